The summed E-state index contributed by atoms with van der Waals surface area (Å²) >= 11 is 0. The SMILES string of the molecule is CCCCC(=O)C(C(=O)C(=O)c1cccc2ccccc12)c1cccc2ccccc12. The van der Waals surface area contributed by atoms with Crippen molar-refractivity contribution < 1.29 is 14.4 Å². The van der Waals surface area contributed by atoms with Gasteiger partial charge in [-0.15, -0.1) is 0 Å². The van der Waals surface area contributed by atoms with Crippen LogP contribution in [0.2, 0.25) is 0 Å². The zero-order valence-corrected chi connectivity index (χ0v) is 17.5. The molecule has 0 aromatic heterocycles. The van der Waals surface area contributed by atoms with E-state index in [4.69, 9.17) is 0 Å². The Hall–Kier alpha value is -3.59. The largest absolute Gasteiger partial charge is 0.299 e. The maximum atomic E-state index is 13.6. The molecule has 0 aliphatic carbocycles. The third kappa shape index (κ3) is 4.04. The predicted molar refractivity (Wildman–Crippen MR) is 125 cm³/mol. The van der Waals surface area contributed by atoms with Crippen molar-refractivity contribution in [3.05, 3.63) is 96.1 Å². The minimum absolute atomic E-state index is 0.197. The monoisotopic (exact) mass is 408 g/mol. The van der Waals surface area contributed by atoms with Gasteiger partial charge in [-0.25, -0.2) is 0 Å². The molecule has 1 unspecified atom stereocenters. The molecule has 3 heteroatoms. The summed E-state index contributed by atoms with van der Waals surface area (Å²) in [5, 5.41) is 3.39. The molecule has 1 atom stereocenters. The Bertz CT molecular complexity index is 1280. The molecule has 31 heavy (non-hydrogen) atoms. The van der Waals surface area contributed by atoms with Gasteiger partial charge < -0.3 is 0 Å². The molecular weight excluding hydrogens is 384 g/mol. The van der Waals surface area contributed by atoms with Crippen LogP contribution in [0.3, 0.4) is 0 Å². The Balaban J connectivity index is 1.82. The van der Waals surface area contributed by atoms with Gasteiger partial charge in [-0.3, -0.25) is 14.4 Å². The molecule has 0 saturated carbocycles. The van der Waals surface area contributed by atoms with Crippen LogP contribution >= 0.6 is 0 Å². The van der Waals surface area contributed by atoms with E-state index in [2.05, 4.69) is 0 Å². The van der Waals surface area contributed by atoms with E-state index < -0.39 is 17.5 Å². The highest BCUT2D eigenvalue weighted by molar-refractivity contribution is 6.50. The van der Waals surface area contributed by atoms with E-state index in [0.29, 0.717) is 17.5 Å². The molecule has 0 spiro atoms. The third-order valence-electron chi connectivity index (χ3n) is 5.75. The minimum atomic E-state index is -1.09. The number of carbonyl (C=O) groups is 3. The first kappa shape index (κ1) is 20.7. The summed E-state index contributed by atoms with van der Waals surface area (Å²) in [6.45, 7) is 2.00. The van der Waals surface area contributed by atoms with Crippen LogP contribution in [0.15, 0.2) is 84.9 Å². The summed E-state index contributed by atoms with van der Waals surface area (Å²) in [5.74, 6) is -2.56. The van der Waals surface area contributed by atoms with Crippen LogP contribution < -0.4 is 0 Å². The average Bonchev–Trinajstić information content (AvgIpc) is 2.82. The van der Waals surface area contributed by atoms with Crippen molar-refractivity contribution in [2.24, 2.45) is 0 Å². The first-order chi connectivity index (χ1) is 15.1. The fraction of sp³-hybridized carbons (Fsp3) is 0.179. The number of benzene rings is 4. The molecule has 4 aromatic carbocycles. The molecule has 0 N–H and O–H groups in total. The van der Waals surface area contributed by atoms with Gasteiger partial charge in [0.1, 0.15) is 11.7 Å². The van der Waals surface area contributed by atoms with Crippen LogP contribution in [0.5, 0.6) is 0 Å². The molecule has 4 rings (SSSR count). The van der Waals surface area contributed by atoms with Gasteiger partial charge >= 0.3 is 0 Å². The normalized spacial score (nSPS) is 12.0. The molecular formula is C28H24O3. The molecule has 154 valence electrons. The van der Waals surface area contributed by atoms with Crippen molar-refractivity contribution in [3.8, 4) is 0 Å². The quantitative estimate of drug-likeness (QED) is 0.196. The van der Waals surface area contributed by atoms with Crippen molar-refractivity contribution in [1.29, 1.82) is 0 Å². The van der Waals surface area contributed by atoms with Crippen molar-refractivity contribution in [3.63, 3.8) is 0 Å². The molecule has 0 saturated heterocycles. The highest BCUT2D eigenvalue weighted by atomic mass is 16.2. The van der Waals surface area contributed by atoms with Crippen molar-refractivity contribution in [1.82, 2.24) is 0 Å². The molecule has 0 heterocycles. The summed E-state index contributed by atoms with van der Waals surface area (Å²) < 4.78 is 0. The minimum Gasteiger partial charge on any atom is -0.299 e. The summed E-state index contributed by atoms with van der Waals surface area (Å²) in [5.41, 5.74) is 0.953. The lowest BCUT2D eigenvalue weighted by molar-refractivity contribution is -0.127. The average molecular weight is 408 g/mol. The Morgan fingerprint density at radius 2 is 1.29 bits per heavy atom. The lowest BCUT2D eigenvalue weighted by Crippen LogP contribution is -2.29. The first-order valence-corrected chi connectivity index (χ1v) is 10.7. The van der Waals surface area contributed by atoms with Gasteiger partial charge in [-0.2, -0.15) is 0 Å². The molecule has 3 nitrogen and oxygen atoms in total. The highest BCUT2D eigenvalue weighted by Gasteiger charge is 2.34. The summed E-state index contributed by atoms with van der Waals surface area (Å²) in [7, 11) is 0. The zero-order valence-electron chi connectivity index (χ0n) is 17.5. The van der Waals surface area contributed by atoms with Gasteiger partial charge in [0.05, 0.1) is 0 Å². The first-order valence-electron chi connectivity index (χ1n) is 10.7. The topological polar surface area (TPSA) is 51.2 Å². The van der Waals surface area contributed by atoms with Gasteiger partial charge in [-0.05, 0) is 33.5 Å². The van der Waals surface area contributed by atoms with E-state index >= 15 is 0 Å². The molecule has 0 fully saturated rings. The van der Waals surface area contributed by atoms with E-state index in [9.17, 15) is 14.4 Å². The fourth-order valence-electron chi connectivity index (χ4n) is 4.15. The molecule has 0 aliphatic heterocycles. The van der Waals surface area contributed by atoms with Gasteiger partial charge in [0, 0.05) is 12.0 Å². The summed E-state index contributed by atoms with van der Waals surface area (Å²) in [4.78, 5) is 40.2. The van der Waals surface area contributed by atoms with Crippen LogP contribution in [-0.2, 0) is 9.59 Å². The molecule has 0 amide bonds. The standard InChI is InChI=1S/C28H24O3/c1-2-3-18-25(29)26(23-16-8-12-19-10-4-6-14-21(19)23)28(31)27(30)24-17-9-13-20-11-5-7-15-22(20)24/h4-17,26H,2-3,18H2,1H3. The number of Topliss-reactive ketones (excluding diaryl/α,β-unsaturated/α-hetero) is 3. The zero-order chi connectivity index (χ0) is 21.8. The van der Waals surface area contributed by atoms with E-state index in [0.717, 1.165) is 28.0 Å². The Morgan fingerprint density at radius 3 is 2.00 bits per heavy atom. The lowest BCUT2D eigenvalue weighted by atomic mass is 9.82. The fourth-order valence-corrected chi connectivity index (χ4v) is 4.15. The molecule has 0 aliphatic rings. The second kappa shape index (κ2) is 9.05. The van der Waals surface area contributed by atoms with E-state index in [1.807, 2.05) is 73.7 Å². The van der Waals surface area contributed by atoms with Gasteiger partial charge in [0.2, 0.25) is 11.6 Å². The number of fused-ring (bicyclic) bond motifs is 2. The van der Waals surface area contributed by atoms with Gasteiger partial charge in [-0.1, -0.05) is 98.3 Å². The van der Waals surface area contributed by atoms with Crippen LogP contribution in [0.1, 0.15) is 48.0 Å². The number of rotatable bonds is 8. The second-order valence-corrected chi connectivity index (χ2v) is 7.79. The number of hydrogen-bond donors (Lipinski definition) is 0. The van der Waals surface area contributed by atoms with Crippen molar-refractivity contribution in [2.45, 2.75) is 32.1 Å². The van der Waals surface area contributed by atoms with Crippen LogP contribution in [-0.4, -0.2) is 17.3 Å². The smallest absolute Gasteiger partial charge is 0.230 e. The Labute approximate surface area is 181 Å². The van der Waals surface area contributed by atoms with Crippen molar-refractivity contribution in [2.75, 3.05) is 0 Å². The van der Waals surface area contributed by atoms with Crippen LogP contribution in [0, 0.1) is 0 Å². The second-order valence-electron chi connectivity index (χ2n) is 7.79. The Morgan fingerprint density at radius 1 is 0.710 bits per heavy atom. The number of hydrogen-bond acceptors (Lipinski definition) is 3. The number of carbonyl (C=O) groups excluding carboxylic acids is 3. The maximum absolute atomic E-state index is 13.6. The summed E-state index contributed by atoms with van der Waals surface area (Å²) in [6.07, 6.45) is 1.81. The molecule has 4 aromatic rings. The summed E-state index contributed by atoms with van der Waals surface area (Å²) in [6, 6.07) is 26.1. The molecule has 0 bridgehead atoms. The van der Waals surface area contributed by atoms with Gasteiger partial charge in [0.15, 0.2) is 0 Å². The number of unbranched alkanes of at least 4 members (excludes halogenated alkanes) is 1. The molecule has 0 radical (unpaired) electrons. The predicted octanol–water partition coefficient (Wildman–Crippen LogP) is 6.29. The van der Waals surface area contributed by atoms with E-state index in [1.54, 1.807) is 18.2 Å². The third-order valence-corrected chi connectivity index (χ3v) is 5.75. The van der Waals surface area contributed by atoms with E-state index in [-0.39, 0.29) is 12.2 Å². The highest BCUT2D eigenvalue weighted by Crippen LogP contribution is 2.30. The van der Waals surface area contributed by atoms with Crippen molar-refractivity contribution >= 4 is 38.9 Å². The lowest BCUT2D eigenvalue weighted by Gasteiger charge is -2.17. The van der Waals surface area contributed by atoms with Crippen LogP contribution in [0.25, 0.3) is 21.5 Å². The van der Waals surface area contributed by atoms with Gasteiger partial charge in [0.25, 0.3) is 0 Å². The van der Waals surface area contributed by atoms with Crippen LogP contribution in [0.4, 0.5) is 0 Å². The Kier molecular flexibility index (Phi) is 6.03. The number of ketones is 3. The maximum Gasteiger partial charge on any atom is 0.230 e. The van der Waals surface area contributed by atoms with E-state index in [1.165, 1.54) is 0 Å².